The van der Waals surface area contributed by atoms with Gasteiger partial charge in [0.25, 0.3) is 5.91 Å². The first-order valence-electron chi connectivity index (χ1n) is 5.89. The Balaban J connectivity index is 1.90. The van der Waals surface area contributed by atoms with Crippen LogP contribution in [0.15, 0.2) is 41.3 Å². The van der Waals surface area contributed by atoms with Gasteiger partial charge in [-0.3, -0.25) is 10.1 Å². The Kier molecular flexibility index (Phi) is 4.08. The lowest BCUT2D eigenvalue weighted by Gasteiger charge is -2.04. The maximum atomic E-state index is 12.2. The molecule has 0 aliphatic carbocycles. The number of hydrogen-bond donors (Lipinski definition) is 2. The number of carbonyl (C=O) groups excluding carboxylic acids is 1. The van der Waals surface area contributed by atoms with Gasteiger partial charge in [-0.2, -0.15) is 0 Å². The molecule has 2 aromatic carbocycles. The monoisotopic (exact) mass is 354 g/mol. The van der Waals surface area contributed by atoms with Crippen LogP contribution in [-0.4, -0.2) is 10.9 Å². The van der Waals surface area contributed by atoms with Gasteiger partial charge >= 0.3 is 0 Å². The Labute approximate surface area is 140 Å². The number of thiazole rings is 1. The molecule has 106 valence electrons. The Morgan fingerprint density at radius 3 is 2.81 bits per heavy atom. The van der Waals surface area contributed by atoms with E-state index in [1.54, 1.807) is 24.3 Å². The second kappa shape index (κ2) is 5.85. The van der Waals surface area contributed by atoms with E-state index < -0.39 is 0 Å². The van der Waals surface area contributed by atoms with E-state index in [0.29, 0.717) is 25.6 Å². The van der Waals surface area contributed by atoms with Crippen molar-refractivity contribution in [3.63, 3.8) is 0 Å². The molecule has 7 heteroatoms. The maximum absolute atomic E-state index is 12.2. The van der Waals surface area contributed by atoms with Crippen molar-refractivity contribution in [2.45, 2.75) is 4.90 Å². The highest BCUT2D eigenvalue weighted by molar-refractivity contribution is 7.80. The second-order valence-corrected chi connectivity index (χ2v) is 6.64. The van der Waals surface area contributed by atoms with Gasteiger partial charge in [-0.05, 0) is 36.4 Å². The summed E-state index contributed by atoms with van der Waals surface area (Å²) in [5, 5.41) is 4.24. The number of halogens is 2. The van der Waals surface area contributed by atoms with Crippen LogP contribution >= 0.6 is 47.2 Å². The Morgan fingerprint density at radius 2 is 2.00 bits per heavy atom. The molecule has 1 aromatic heterocycles. The standard InChI is InChI=1S/C14H8Cl2N2OS2/c15-7-1-4-11-12(5-7)21-14(17-11)18-13(19)9-6-8(20)2-3-10(9)16/h1-6,20H,(H,17,18,19). The molecule has 0 unspecified atom stereocenters. The van der Waals surface area contributed by atoms with Crippen LogP contribution < -0.4 is 5.32 Å². The summed E-state index contributed by atoms with van der Waals surface area (Å²) in [6.07, 6.45) is 0. The average Bonchev–Trinajstić information content (AvgIpc) is 2.82. The lowest BCUT2D eigenvalue weighted by Crippen LogP contribution is -2.12. The molecule has 1 heterocycles. The van der Waals surface area contributed by atoms with E-state index in [1.165, 1.54) is 11.3 Å². The number of anilines is 1. The van der Waals surface area contributed by atoms with Crippen LogP contribution in [0.2, 0.25) is 10.0 Å². The first-order valence-corrected chi connectivity index (χ1v) is 7.91. The number of carbonyl (C=O) groups is 1. The molecule has 1 N–H and O–H groups in total. The predicted molar refractivity (Wildman–Crippen MR) is 91.3 cm³/mol. The van der Waals surface area contributed by atoms with Crippen molar-refractivity contribution in [3.05, 3.63) is 52.0 Å². The zero-order valence-corrected chi connectivity index (χ0v) is 13.7. The molecule has 3 nitrogen and oxygen atoms in total. The van der Waals surface area contributed by atoms with Crippen LogP contribution in [0.1, 0.15) is 10.4 Å². The molecule has 3 rings (SSSR count). The lowest BCUT2D eigenvalue weighted by molar-refractivity contribution is 0.102. The van der Waals surface area contributed by atoms with Crippen LogP contribution in [0.4, 0.5) is 5.13 Å². The molecule has 21 heavy (non-hydrogen) atoms. The van der Waals surface area contributed by atoms with Crippen molar-refractivity contribution in [1.82, 2.24) is 4.98 Å². The minimum Gasteiger partial charge on any atom is -0.298 e. The number of rotatable bonds is 2. The van der Waals surface area contributed by atoms with Crippen LogP contribution in [0.5, 0.6) is 0 Å². The van der Waals surface area contributed by atoms with E-state index in [4.69, 9.17) is 23.2 Å². The summed E-state index contributed by atoms with van der Waals surface area (Å²) in [7, 11) is 0. The highest BCUT2D eigenvalue weighted by atomic mass is 35.5. The van der Waals surface area contributed by atoms with Gasteiger partial charge in [0, 0.05) is 9.92 Å². The van der Waals surface area contributed by atoms with E-state index in [0.717, 1.165) is 10.2 Å². The predicted octanol–water partition coefficient (Wildman–Crippen LogP) is 5.14. The molecule has 0 aliphatic heterocycles. The van der Waals surface area contributed by atoms with Gasteiger partial charge in [0.1, 0.15) is 0 Å². The van der Waals surface area contributed by atoms with Crippen molar-refractivity contribution in [2.24, 2.45) is 0 Å². The molecule has 3 aromatic rings. The summed E-state index contributed by atoms with van der Waals surface area (Å²) in [5.74, 6) is -0.318. The van der Waals surface area contributed by atoms with Crippen LogP contribution in [0, 0.1) is 0 Å². The van der Waals surface area contributed by atoms with Crippen molar-refractivity contribution in [1.29, 1.82) is 0 Å². The molecule has 0 saturated heterocycles. The van der Waals surface area contributed by atoms with Gasteiger partial charge in [-0.1, -0.05) is 34.5 Å². The molecule has 0 radical (unpaired) electrons. The van der Waals surface area contributed by atoms with E-state index in [9.17, 15) is 4.79 Å². The van der Waals surface area contributed by atoms with Gasteiger partial charge in [0.2, 0.25) is 0 Å². The van der Waals surface area contributed by atoms with Gasteiger partial charge in [0.05, 0.1) is 20.8 Å². The quantitative estimate of drug-likeness (QED) is 0.625. The summed E-state index contributed by atoms with van der Waals surface area (Å²) < 4.78 is 0.909. The number of fused-ring (bicyclic) bond motifs is 1. The van der Waals surface area contributed by atoms with Gasteiger partial charge in [-0.15, -0.1) is 12.6 Å². The van der Waals surface area contributed by atoms with Crippen molar-refractivity contribution in [2.75, 3.05) is 5.32 Å². The maximum Gasteiger partial charge on any atom is 0.258 e. The Bertz CT molecular complexity index is 848. The third kappa shape index (κ3) is 3.16. The number of benzene rings is 2. The number of aromatic nitrogens is 1. The topological polar surface area (TPSA) is 42.0 Å². The van der Waals surface area contributed by atoms with Crippen molar-refractivity contribution < 1.29 is 4.79 Å². The summed E-state index contributed by atoms with van der Waals surface area (Å²) in [5.41, 5.74) is 1.15. The molecule has 0 spiro atoms. The number of hydrogen-bond acceptors (Lipinski definition) is 4. The van der Waals surface area contributed by atoms with Gasteiger partial charge in [-0.25, -0.2) is 4.98 Å². The van der Waals surface area contributed by atoms with E-state index in [1.807, 2.05) is 12.1 Å². The first-order chi connectivity index (χ1) is 10.0. The van der Waals surface area contributed by atoms with Crippen LogP contribution in [0.25, 0.3) is 10.2 Å². The third-order valence-corrected chi connectivity index (χ3v) is 4.54. The second-order valence-electron chi connectivity index (χ2n) is 4.25. The van der Waals surface area contributed by atoms with Crippen LogP contribution in [-0.2, 0) is 0 Å². The molecule has 0 atom stereocenters. The number of thiol groups is 1. The summed E-state index contributed by atoms with van der Waals surface area (Å²) >= 11 is 17.5. The molecule has 0 saturated carbocycles. The Hall–Kier alpha value is -1.27. The molecule has 0 aliphatic rings. The number of amides is 1. The molecule has 1 amide bonds. The summed E-state index contributed by atoms with van der Waals surface area (Å²) in [6, 6.07) is 10.4. The van der Waals surface area contributed by atoms with E-state index in [-0.39, 0.29) is 5.91 Å². The smallest absolute Gasteiger partial charge is 0.258 e. The Morgan fingerprint density at radius 1 is 1.19 bits per heavy atom. The van der Waals surface area contributed by atoms with Crippen LogP contribution in [0.3, 0.4) is 0 Å². The van der Waals surface area contributed by atoms with E-state index >= 15 is 0 Å². The summed E-state index contributed by atoms with van der Waals surface area (Å²) in [6.45, 7) is 0. The SMILES string of the molecule is O=C(Nc1nc2ccc(Cl)cc2s1)c1cc(S)ccc1Cl. The first kappa shape index (κ1) is 14.7. The zero-order valence-electron chi connectivity index (χ0n) is 10.4. The van der Waals surface area contributed by atoms with E-state index in [2.05, 4.69) is 22.9 Å². The zero-order chi connectivity index (χ0) is 15.0. The summed E-state index contributed by atoms with van der Waals surface area (Å²) in [4.78, 5) is 17.2. The molecule has 0 fully saturated rings. The normalized spacial score (nSPS) is 10.8. The molecule has 0 bridgehead atoms. The minimum absolute atomic E-state index is 0.318. The number of nitrogens with zero attached hydrogens (tertiary/aromatic N) is 1. The van der Waals surface area contributed by atoms with Crippen molar-refractivity contribution in [3.8, 4) is 0 Å². The fourth-order valence-electron chi connectivity index (χ4n) is 1.80. The van der Waals surface area contributed by atoms with Gasteiger partial charge in [0.15, 0.2) is 5.13 Å². The molecular weight excluding hydrogens is 347 g/mol. The fraction of sp³-hybridized carbons (Fsp3) is 0. The molecular formula is C14H8Cl2N2OS2. The van der Waals surface area contributed by atoms with Crippen molar-refractivity contribution >= 4 is 68.4 Å². The largest absolute Gasteiger partial charge is 0.298 e. The minimum atomic E-state index is -0.318. The average molecular weight is 355 g/mol. The fourth-order valence-corrected chi connectivity index (χ4v) is 3.35. The highest BCUT2D eigenvalue weighted by Crippen LogP contribution is 2.29. The highest BCUT2D eigenvalue weighted by Gasteiger charge is 2.13. The number of nitrogens with one attached hydrogen (secondary N) is 1. The lowest BCUT2D eigenvalue weighted by atomic mass is 10.2. The third-order valence-electron chi connectivity index (χ3n) is 2.77. The van der Waals surface area contributed by atoms with Gasteiger partial charge < -0.3 is 0 Å².